The van der Waals surface area contributed by atoms with Crippen molar-refractivity contribution in [3.8, 4) is 11.5 Å². The molecule has 0 saturated carbocycles. The topological polar surface area (TPSA) is 60.9 Å². The number of carbonyl (C=O) groups excluding carboxylic acids is 1. The maximum atomic E-state index is 13.2. The van der Waals surface area contributed by atoms with Gasteiger partial charge in [-0.15, -0.1) is 0 Å². The summed E-state index contributed by atoms with van der Waals surface area (Å²) in [6, 6.07) is 11.4. The number of thiazole rings is 1. The van der Waals surface area contributed by atoms with Crippen LogP contribution >= 0.6 is 11.3 Å². The van der Waals surface area contributed by atoms with Crippen molar-refractivity contribution in [2.75, 3.05) is 31.8 Å². The number of amides is 1. The van der Waals surface area contributed by atoms with Gasteiger partial charge in [-0.25, -0.2) is 4.98 Å². The van der Waals surface area contributed by atoms with E-state index in [1.165, 1.54) is 5.56 Å². The number of aromatic nitrogens is 1. The minimum atomic E-state index is -0.129. The van der Waals surface area contributed by atoms with Crippen molar-refractivity contribution in [1.29, 1.82) is 0 Å². The lowest BCUT2D eigenvalue weighted by Gasteiger charge is -2.23. The number of rotatable bonds is 7. The lowest BCUT2D eigenvalue weighted by Crippen LogP contribution is -2.40. The monoisotopic (exact) mass is 426 g/mol. The third kappa shape index (κ3) is 4.42. The molecule has 2 heterocycles. The van der Waals surface area contributed by atoms with Crippen LogP contribution in [0.1, 0.15) is 24.0 Å². The molecular formula is C23H26N2O4S. The predicted octanol–water partition coefficient (Wildman–Crippen LogP) is 4.51. The summed E-state index contributed by atoms with van der Waals surface area (Å²) in [6.07, 6.45) is 2.00. The van der Waals surface area contributed by atoms with E-state index in [0.29, 0.717) is 17.4 Å². The molecule has 1 unspecified atom stereocenters. The third-order valence-electron chi connectivity index (χ3n) is 5.29. The first-order chi connectivity index (χ1) is 14.5. The summed E-state index contributed by atoms with van der Waals surface area (Å²) in [6.45, 7) is 5.29. The highest BCUT2D eigenvalue weighted by molar-refractivity contribution is 7.22. The molecule has 0 spiro atoms. The Morgan fingerprint density at radius 2 is 1.90 bits per heavy atom. The van der Waals surface area contributed by atoms with Gasteiger partial charge < -0.3 is 14.2 Å². The second-order valence-corrected chi connectivity index (χ2v) is 8.45. The van der Waals surface area contributed by atoms with Crippen LogP contribution in [0, 0.1) is 13.8 Å². The maximum absolute atomic E-state index is 13.2. The Hall–Kier alpha value is -2.64. The number of carbonyl (C=O) groups is 1. The van der Waals surface area contributed by atoms with Gasteiger partial charge in [0, 0.05) is 6.61 Å². The van der Waals surface area contributed by atoms with Crippen molar-refractivity contribution >= 4 is 32.6 Å². The van der Waals surface area contributed by atoms with Gasteiger partial charge in [-0.2, -0.15) is 0 Å². The van der Waals surface area contributed by atoms with E-state index in [-0.39, 0.29) is 18.6 Å². The average Bonchev–Trinajstić information content (AvgIpc) is 3.44. The average molecular weight is 427 g/mol. The molecule has 0 aliphatic carbocycles. The molecule has 2 aromatic carbocycles. The molecule has 0 radical (unpaired) electrons. The van der Waals surface area contributed by atoms with Crippen LogP contribution in [-0.2, 0) is 9.53 Å². The van der Waals surface area contributed by atoms with E-state index in [2.05, 4.69) is 19.1 Å². The summed E-state index contributed by atoms with van der Waals surface area (Å²) >= 11 is 1.55. The van der Waals surface area contributed by atoms with Crippen molar-refractivity contribution in [1.82, 2.24) is 4.98 Å². The van der Waals surface area contributed by atoms with Crippen LogP contribution in [-0.4, -0.2) is 43.9 Å². The number of benzene rings is 2. The van der Waals surface area contributed by atoms with Crippen molar-refractivity contribution in [3.05, 3.63) is 47.5 Å². The Morgan fingerprint density at radius 1 is 1.17 bits per heavy atom. The lowest BCUT2D eigenvalue weighted by atomic mass is 10.1. The number of hydrogen-bond donors (Lipinski definition) is 0. The second-order valence-electron chi connectivity index (χ2n) is 7.48. The maximum Gasteiger partial charge on any atom is 0.266 e. The number of hydrogen-bond acceptors (Lipinski definition) is 6. The van der Waals surface area contributed by atoms with Gasteiger partial charge in [0.05, 0.1) is 30.0 Å². The number of fused-ring (bicyclic) bond motifs is 1. The van der Waals surface area contributed by atoms with Crippen LogP contribution < -0.4 is 14.4 Å². The zero-order valence-corrected chi connectivity index (χ0v) is 18.3. The molecule has 0 N–H and O–H groups in total. The van der Waals surface area contributed by atoms with Crippen LogP contribution in [0.3, 0.4) is 0 Å². The molecule has 30 heavy (non-hydrogen) atoms. The molecule has 1 fully saturated rings. The largest absolute Gasteiger partial charge is 0.497 e. The molecule has 1 aromatic heterocycles. The van der Waals surface area contributed by atoms with Crippen LogP contribution in [0.15, 0.2) is 36.4 Å². The van der Waals surface area contributed by atoms with Gasteiger partial charge in [-0.05, 0) is 62.1 Å². The second kappa shape index (κ2) is 9.02. The van der Waals surface area contributed by atoms with Crippen molar-refractivity contribution < 1.29 is 19.0 Å². The molecule has 6 nitrogen and oxygen atoms in total. The lowest BCUT2D eigenvalue weighted by molar-refractivity contribution is -0.120. The molecule has 1 aliphatic heterocycles. The molecule has 1 saturated heterocycles. The Kier molecular flexibility index (Phi) is 6.20. The Morgan fingerprint density at radius 3 is 2.57 bits per heavy atom. The van der Waals surface area contributed by atoms with Crippen LogP contribution in [0.2, 0.25) is 0 Å². The van der Waals surface area contributed by atoms with Gasteiger partial charge in [0.25, 0.3) is 5.91 Å². The van der Waals surface area contributed by atoms with Gasteiger partial charge in [0.2, 0.25) is 0 Å². The van der Waals surface area contributed by atoms with E-state index in [0.717, 1.165) is 41.0 Å². The van der Waals surface area contributed by atoms with Gasteiger partial charge in [-0.1, -0.05) is 23.5 Å². The summed E-state index contributed by atoms with van der Waals surface area (Å²) in [5.74, 6) is 1.24. The van der Waals surface area contributed by atoms with Gasteiger partial charge in [-0.3, -0.25) is 9.69 Å². The Balaban J connectivity index is 1.56. The number of methoxy groups -OCH3 is 1. The molecule has 1 atom stereocenters. The first-order valence-corrected chi connectivity index (χ1v) is 10.9. The van der Waals surface area contributed by atoms with Crippen LogP contribution in [0.25, 0.3) is 10.2 Å². The van der Waals surface area contributed by atoms with Gasteiger partial charge in [0.15, 0.2) is 11.7 Å². The summed E-state index contributed by atoms with van der Waals surface area (Å²) in [7, 11) is 1.61. The molecule has 4 rings (SSSR count). The highest BCUT2D eigenvalue weighted by atomic mass is 32.1. The minimum Gasteiger partial charge on any atom is -0.497 e. The standard InChI is InChI=1S/C23H26N2O4S/c1-15-6-7-16(2)22-21(15)24-23(30-22)25(13-19-5-4-12-28-19)20(26)14-29-18-10-8-17(27-3)9-11-18/h6-11,19H,4-5,12-14H2,1-3H3. The molecule has 1 amide bonds. The summed E-state index contributed by atoms with van der Waals surface area (Å²) in [5.41, 5.74) is 3.23. The van der Waals surface area contributed by atoms with Crippen LogP contribution in [0.5, 0.6) is 11.5 Å². The minimum absolute atomic E-state index is 0.0316. The van der Waals surface area contributed by atoms with E-state index < -0.39 is 0 Å². The van der Waals surface area contributed by atoms with Crippen molar-refractivity contribution in [2.24, 2.45) is 0 Å². The van der Waals surface area contributed by atoms with Crippen molar-refractivity contribution in [3.63, 3.8) is 0 Å². The number of aryl methyl sites for hydroxylation is 2. The zero-order chi connectivity index (χ0) is 21.1. The first-order valence-electron chi connectivity index (χ1n) is 10.1. The first kappa shape index (κ1) is 20.6. The zero-order valence-electron chi connectivity index (χ0n) is 17.5. The van der Waals surface area contributed by atoms with E-state index in [1.54, 1.807) is 35.5 Å². The molecule has 3 aromatic rings. The fourth-order valence-corrected chi connectivity index (χ4v) is 4.68. The predicted molar refractivity (Wildman–Crippen MR) is 119 cm³/mol. The van der Waals surface area contributed by atoms with Gasteiger partial charge >= 0.3 is 0 Å². The molecule has 1 aliphatic rings. The van der Waals surface area contributed by atoms with E-state index in [4.69, 9.17) is 19.2 Å². The van der Waals surface area contributed by atoms with Crippen LogP contribution in [0.4, 0.5) is 5.13 Å². The fourth-order valence-electron chi connectivity index (χ4n) is 3.54. The highest BCUT2D eigenvalue weighted by Gasteiger charge is 2.27. The number of anilines is 1. The molecule has 7 heteroatoms. The summed E-state index contributed by atoms with van der Waals surface area (Å²) < 4.78 is 17.8. The normalized spacial score (nSPS) is 16.0. The van der Waals surface area contributed by atoms with Gasteiger partial charge in [0.1, 0.15) is 11.5 Å². The summed E-state index contributed by atoms with van der Waals surface area (Å²) in [5, 5.41) is 0.696. The third-order valence-corrected chi connectivity index (χ3v) is 6.51. The smallest absolute Gasteiger partial charge is 0.266 e. The van der Waals surface area contributed by atoms with E-state index in [9.17, 15) is 4.79 Å². The van der Waals surface area contributed by atoms with Crippen molar-refractivity contribution in [2.45, 2.75) is 32.8 Å². The Bertz CT molecular complexity index is 987. The molecule has 0 bridgehead atoms. The SMILES string of the molecule is COc1ccc(OCC(=O)N(CC2CCCO2)c2nc3c(C)ccc(C)c3s2)cc1. The number of ether oxygens (including phenoxy) is 3. The highest BCUT2D eigenvalue weighted by Crippen LogP contribution is 2.34. The molecular weight excluding hydrogens is 400 g/mol. The molecule has 158 valence electrons. The van der Waals surface area contributed by atoms with E-state index >= 15 is 0 Å². The fraction of sp³-hybridized carbons (Fsp3) is 0.391. The Labute approximate surface area is 180 Å². The summed E-state index contributed by atoms with van der Waals surface area (Å²) in [4.78, 5) is 19.7. The number of nitrogens with zero attached hydrogens (tertiary/aromatic N) is 2. The quantitative estimate of drug-likeness (QED) is 0.556. The van der Waals surface area contributed by atoms with E-state index in [1.807, 2.05) is 19.1 Å².